The quantitative estimate of drug-likeness (QED) is 0.598. The fourth-order valence-electron chi connectivity index (χ4n) is 1.89. The summed E-state index contributed by atoms with van der Waals surface area (Å²) in [5, 5.41) is 2.12. The Labute approximate surface area is 89.7 Å². The van der Waals surface area contributed by atoms with Gasteiger partial charge in [-0.1, -0.05) is 45.0 Å². The van der Waals surface area contributed by atoms with Gasteiger partial charge in [-0.15, -0.1) is 0 Å². The highest BCUT2D eigenvalue weighted by atomic mass is 19.1. The van der Waals surface area contributed by atoms with E-state index in [2.05, 4.69) is 26.8 Å². The maximum absolute atomic E-state index is 13.4. The normalized spacial score (nSPS) is 12.0. The lowest BCUT2D eigenvalue weighted by atomic mass is 9.83. The van der Waals surface area contributed by atoms with E-state index in [0.717, 1.165) is 16.3 Å². The van der Waals surface area contributed by atoms with Crippen LogP contribution in [-0.4, -0.2) is 0 Å². The van der Waals surface area contributed by atoms with Crippen LogP contribution in [0.1, 0.15) is 26.3 Å². The second-order valence-electron chi connectivity index (χ2n) is 4.92. The first kappa shape index (κ1) is 10.2. The Bertz CT molecular complexity index is 492. The zero-order valence-electron chi connectivity index (χ0n) is 9.34. The molecule has 0 heterocycles. The first-order chi connectivity index (χ1) is 6.98. The van der Waals surface area contributed by atoms with Gasteiger partial charge in [0.2, 0.25) is 0 Å². The highest BCUT2D eigenvalue weighted by molar-refractivity contribution is 5.86. The Morgan fingerprint density at radius 2 is 1.67 bits per heavy atom. The zero-order valence-corrected chi connectivity index (χ0v) is 9.34. The molecule has 0 radical (unpaired) electrons. The molecule has 78 valence electrons. The second kappa shape index (κ2) is 3.34. The maximum atomic E-state index is 13.4. The van der Waals surface area contributed by atoms with Gasteiger partial charge in [-0.3, -0.25) is 0 Å². The molecule has 0 aliphatic rings. The number of halogens is 1. The Kier molecular flexibility index (Phi) is 2.26. The lowest BCUT2D eigenvalue weighted by Crippen LogP contribution is -2.12. The number of rotatable bonds is 0. The van der Waals surface area contributed by atoms with Gasteiger partial charge in [0.15, 0.2) is 0 Å². The van der Waals surface area contributed by atoms with Gasteiger partial charge in [0, 0.05) is 0 Å². The van der Waals surface area contributed by atoms with Crippen LogP contribution in [0.2, 0.25) is 0 Å². The van der Waals surface area contributed by atoms with Gasteiger partial charge in [0.05, 0.1) is 0 Å². The topological polar surface area (TPSA) is 0 Å². The van der Waals surface area contributed by atoms with Crippen LogP contribution in [0.25, 0.3) is 10.8 Å². The summed E-state index contributed by atoms with van der Waals surface area (Å²) in [6.45, 7) is 6.32. The molecule has 0 spiro atoms. The monoisotopic (exact) mass is 202 g/mol. The molecule has 0 atom stereocenters. The number of hydrogen-bond donors (Lipinski definition) is 0. The third kappa shape index (κ3) is 1.87. The molecule has 0 aromatic heterocycles. The zero-order chi connectivity index (χ0) is 11.1. The van der Waals surface area contributed by atoms with Crippen LogP contribution in [-0.2, 0) is 5.41 Å². The van der Waals surface area contributed by atoms with Gasteiger partial charge >= 0.3 is 0 Å². The summed E-state index contributed by atoms with van der Waals surface area (Å²) < 4.78 is 13.4. The average Bonchev–Trinajstić information content (AvgIpc) is 2.15. The molecule has 2 rings (SSSR count). The van der Waals surface area contributed by atoms with Crippen LogP contribution >= 0.6 is 0 Å². The van der Waals surface area contributed by atoms with Gasteiger partial charge in [0.25, 0.3) is 0 Å². The van der Waals surface area contributed by atoms with E-state index in [4.69, 9.17) is 0 Å². The van der Waals surface area contributed by atoms with Gasteiger partial charge in [-0.2, -0.15) is 0 Å². The molecule has 0 saturated carbocycles. The standard InChI is InChI=1S/C14H15F/c1-14(2,3)13-9-11(15)8-10-6-4-5-7-12(10)13/h4-9H,1-3H3. The van der Waals surface area contributed by atoms with Crippen molar-refractivity contribution >= 4 is 10.8 Å². The molecular formula is C14H15F. The molecule has 0 unspecified atom stereocenters. The number of benzene rings is 2. The molecule has 0 bridgehead atoms. The fourth-order valence-corrected chi connectivity index (χ4v) is 1.89. The number of fused-ring (bicyclic) bond motifs is 1. The summed E-state index contributed by atoms with van der Waals surface area (Å²) in [6.07, 6.45) is 0. The summed E-state index contributed by atoms with van der Waals surface area (Å²) in [7, 11) is 0. The molecule has 0 nitrogen and oxygen atoms in total. The molecule has 2 aromatic carbocycles. The van der Waals surface area contributed by atoms with Crippen molar-refractivity contribution in [1.29, 1.82) is 0 Å². The molecular weight excluding hydrogens is 187 g/mol. The molecule has 0 amide bonds. The van der Waals surface area contributed by atoms with Crippen molar-refractivity contribution in [2.45, 2.75) is 26.2 Å². The van der Waals surface area contributed by atoms with Crippen molar-refractivity contribution in [3.63, 3.8) is 0 Å². The Morgan fingerprint density at radius 1 is 1.00 bits per heavy atom. The Hall–Kier alpha value is -1.37. The second-order valence-corrected chi connectivity index (χ2v) is 4.92. The minimum atomic E-state index is -0.154. The van der Waals surface area contributed by atoms with Crippen LogP contribution in [0.5, 0.6) is 0 Å². The fraction of sp³-hybridized carbons (Fsp3) is 0.286. The van der Waals surface area contributed by atoms with E-state index in [0.29, 0.717) is 0 Å². The minimum Gasteiger partial charge on any atom is -0.207 e. The first-order valence-corrected chi connectivity index (χ1v) is 5.17. The van der Waals surface area contributed by atoms with E-state index in [9.17, 15) is 4.39 Å². The molecule has 0 saturated heterocycles. The van der Waals surface area contributed by atoms with Crippen LogP contribution < -0.4 is 0 Å². The van der Waals surface area contributed by atoms with E-state index in [1.165, 1.54) is 0 Å². The summed E-state index contributed by atoms with van der Waals surface area (Å²) in [5.41, 5.74) is 1.04. The summed E-state index contributed by atoms with van der Waals surface area (Å²) >= 11 is 0. The van der Waals surface area contributed by atoms with Gasteiger partial charge < -0.3 is 0 Å². The predicted octanol–water partition coefficient (Wildman–Crippen LogP) is 4.28. The molecule has 0 N–H and O–H groups in total. The van der Waals surface area contributed by atoms with Crippen molar-refractivity contribution in [3.05, 3.63) is 47.8 Å². The lowest BCUT2D eigenvalue weighted by molar-refractivity contribution is 0.578. The van der Waals surface area contributed by atoms with Gasteiger partial charge in [-0.25, -0.2) is 4.39 Å². The Morgan fingerprint density at radius 3 is 2.33 bits per heavy atom. The van der Waals surface area contributed by atoms with Crippen molar-refractivity contribution in [2.24, 2.45) is 0 Å². The van der Waals surface area contributed by atoms with E-state index in [1.54, 1.807) is 12.1 Å². The van der Waals surface area contributed by atoms with Gasteiger partial charge in [0.1, 0.15) is 5.82 Å². The van der Waals surface area contributed by atoms with Crippen molar-refractivity contribution < 1.29 is 4.39 Å². The molecule has 1 heteroatoms. The van der Waals surface area contributed by atoms with E-state index < -0.39 is 0 Å². The van der Waals surface area contributed by atoms with Gasteiger partial charge in [-0.05, 0) is 33.9 Å². The predicted molar refractivity (Wildman–Crippen MR) is 62.6 cm³/mol. The van der Waals surface area contributed by atoms with Crippen LogP contribution in [0.15, 0.2) is 36.4 Å². The molecule has 0 aliphatic carbocycles. The molecule has 2 aromatic rings. The van der Waals surface area contributed by atoms with E-state index >= 15 is 0 Å². The van der Waals surface area contributed by atoms with Crippen LogP contribution in [0.4, 0.5) is 4.39 Å². The SMILES string of the molecule is CC(C)(C)c1cc(F)cc2ccccc12. The minimum absolute atomic E-state index is 0.0261. The first-order valence-electron chi connectivity index (χ1n) is 5.17. The van der Waals surface area contributed by atoms with Crippen molar-refractivity contribution in [1.82, 2.24) is 0 Å². The third-order valence-electron chi connectivity index (χ3n) is 2.63. The van der Waals surface area contributed by atoms with Crippen LogP contribution in [0.3, 0.4) is 0 Å². The average molecular weight is 202 g/mol. The molecule has 0 fully saturated rings. The van der Waals surface area contributed by atoms with E-state index in [-0.39, 0.29) is 11.2 Å². The van der Waals surface area contributed by atoms with Crippen molar-refractivity contribution in [3.8, 4) is 0 Å². The molecule has 0 aliphatic heterocycles. The summed E-state index contributed by atoms with van der Waals surface area (Å²) in [6, 6.07) is 11.2. The summed E-state index contributed by atoms with van der Waals surface area (Å²) in [4.78, 5) is 0. The molecule has 15 heavy (non-hydrogen) atoms. The lowest BCUT2D eigenvalue weighted by Gasteiger charge is -2.21. The highest BCUT2D eigenvalue weighted by Gasteiger charge is 2.17. The highest BCUT2D eigenvalue weighted by Crippen LogP contribution is 2.30. The number of hydrogen-bond acceptors (Lipinski definition) is 0. The maximum Gasteiger partial charge on any atom is 0.124 e. The smallest absolute Gasteiger partial charge is 0.124 e. The van der Waals surface area contributed by atoms with E-state index in [1.807, 2.05) is 18.2 Å². The van der Waals surface area contributed by atoms with Crippen LogP contribution in [0, 0.1) is 5.82 Å². The third-order valence-corrected chi connectivity index (χ3v) is 2.63. The largest absolute Gasteiger partial charge is 0.207 e. The Balaban J connectivity index is 2.83. The summed E-state index contributed by atoms with van der Waals surface area (Å²) in [5.74, 6) is -0.154. The van der Waals surface area contributed by atoms with Crippen molar-refractivity contribution in [2.75, 3.05) is 0 Å².